The summed E-state index contributed by atoms with van der Waals surface area (Å²) < 4.78 is 31.6. The van der Waals surface area contributed by atoms with Gasteiger partial charge in [-0.05, 0) is 57.0 Å². The number of fused-ring (bicyclic) bond motifs is 1. The first kappa shape index (κ1) is 23.9. The maximum Gasteiger partial charge on any atom is 0.256 e. The van der Waals surface area contributed by atoms with Gasteiger partial charge in [-0.25, -0.2) is 13.4 Å². The summed E-state index contributed by atoms with van der Waals surface area (Å²) in [4.78, 5) is 25.0. The van der Waals surface area contributed by atoms with Crippen molar-refractivity contribution in [1.82, 2.24) is 14.9 Å². The average molecular weight is 486 g/mol. The first-order valence-electron chi connectivity index (χ1n) is 11.3. The SMILES string of the molecule is CC(C)Oc1cccnc1N(C)C1CCN(C(=O)c2c[nH]c3ccc(NS(C)(=O)=O)cc23)CC1. The summed E-state index contributed by atoms with van der Waals surface area (Å²) in [5.41, 5.74) is 1.75. The molecule has 34 heavy (non-hydrogen) atoms. The third kappa shape index (κ3) is 5.27. The molecule has 0 bridgehead atoms. The van der Waals surface area contributed by atoms with Crippen LogP contribution in [0, 0.1) is 0 Å². The van der Waals surface area contributed by atoms with Crippen molar-refractivity contribution in [2.75, 3.05) is 36.0 Å². The molecule has 1 saturated heterocycles. The lowest BCUT2D eigenvalue weighted by molar-refractivity contribution is 0.0715. The summed E-state index contributed by atoms with van der Waals surface area (Å²) >= 11 is 0. The number of hydrogen-bond donors (Lipinski definition) is 2. The number of pyridine rings is 1. The predicted molar refractivity (Wildman–Crippen MR) is 134 cm³/mol. The normalized spacial score (nSPS) is 15.0. The van der Waals surface area contributed by atoms with Crippen molar-refractivity contribution in [2.45, 2.75) is 38.8 Å². The van der Waals surface area contributed by atoms with Crippen molar-refractivity contribution in [1.29, 1.82) is 0 Å². The summed E-state index contributed by atoms with van der Waals surface area (Å²) in [5.74, 6) is 1.50. The number of aromatic nitrogens is 2. The smallest absolute Gasteiger partial charge is 0.256 e. The van der Waals surface area contributed by atoms with Gasteiger partial charge in [0.2, 0.25) is 10.0 Å². The number of carbonyl (C=O) groups is 1. The number of ether oxygens (including phenoxy) is 1. The highest BCUT2D eigenvalue weighted by Gasteiger charge is 2.29. The zero-order valence-electron chi connectivity index (χ0n) is 19.9. The zero-order valence-corrected chi connectivity index (χ0v) is 20.7. The van der Waals surface area contributed by atoms with Crippen LogP contribution >= 0.6 is 0 Å². The number of rotatable bonds is 7. The monoisotopic (exact) mass is 485 g/mol. The van der Waals surface area contributed by atoms with Crippen molar-refractivity contribution in [3.8, 4) is 5.75 Å². The summed E-state index contributed by atoms with van der Waals surface area (Å²) in [5, 5.41) is 0.696. The Hall–Kier alpha value is -3.27. The molecule has 9 nitrogen and oxygen atoms in total. The van der Waals surface area contributed by atoms with Crippen LogP contribution in [0.5, 0.6) is 5.75 Å². The maximum atomic E-state index is 13.3. The first-order valence-corrected chi connectivity index (χ1v) is 13.2. The van der Waals surface area contributed by atoms with Gasteiger partial charge >= 0.3 is 0 Å². The third-order valence-electron chi connectivity index (χ3n) is 5.96. The highest BCUT2D eigenvalue weighted by atomic mass is 32.2. The molecular formula is C24H31N5O4S. The summed E-state index contributed by atoms with van der Waals surface area (Å²) in [7, 11) is -1.38. The lowest BCUT2D eigenvalue weighted by Gasteiger charge is -2.37. The fourth-order valence-corrected chi connectivity index (χ4v) is 4.92. The topological polar surface area (TPSA) is 108 Å². The van der Waals surface area contributed by atoms with Crippen LogP contribution in [-0.4, -0.2) is 67.7 Å². The van der Waals surface area contributed by atoms with Gasteiger partial charge in [0, 0.05) is 55.2 Å². The van der Waals surface area contributed by atoms with Gasteiger partial charge in [0.25, 0.3) is 5.91 Å². The molecule has 0 radical (unpaired) electrons. The van der Waals surface area contributed by atoms with E-state index in [0.717, 1.165) is 36.2 Å². The molecule has 1 aromatic carbocycles. The molecule has 182 valence electrons. The Bertz CT molecular complexity index is 1280. The minimum absolute atomic E-state index is 0.0557. The fourth-order valence-electron chi connectivity index (χ4n) is 4.37. The highest BCUT2D eigenvalue weighted by Crippen LogP contribution is 2.30. The molecule has 0 atom stereocenters. The molecule has 3 heterocycles. The van der Waals surface area contributed by atoms with E-state index in [2.05, 4.69) is 19.6 Å². The highest BCUT2D eigenvalue weighted by molar-refractivity contribution is 7.92. The molecule has 2 N–H and O–H groups in total. The number of anilines is 2. The number of nitrogens with zero attached hydrogens (tertiary/aromatic N) is 3. The number of carbonyl (C=O) groups excluding carboxylic acids is 1. The zero-order chi connectivity index (χ0) is 24.5. The van der Waals surface area contributed by atoms with Crippen molar-refractivity contribution < 1.29 is 17.9 Å². The molecule has 0 aliphatic carbocycles. The molecule has 0 saturated carbocycles. The van der Waals surface area contributed by atoms with Crippen molar-refractivity contribution in [2.24, 2.45) is 0 Å². The molecule has 1 aliphatic heterocycles. The number of sulfonamides is 1. The Labute approximate surface area is 200 Å². The molecule has 1 fully saturated rings. The van der Waals surface area contributed by atoms with Crippen LogP contribution in [0.2, 0.25) is 0 Å². The number of benzene rings is 1. The Balaban J connectivity index is 1.46. The molecule has 1 amide bonds. The largest absolute Gasteiger partial charge is 0.487 e. The molecule has 0 spiro atoms. The van der Waals surface area contributed by atoms with Crippen LogP contribution in [0.25, 0.3) is 10.9 Å². The van der Waals surface area contributed by atoms with Crippen molar-refractivity contribution in [3.05, 3.63) is 48.3 Å². The molecule has 2 aromatic heterocycles. The second-order valence-electron chi connectivity index (χ2n) is 8.96. The number of nitrogens with one attached hydrogen (secondary N) is 2. The standard InChI is InChI=1S/C24H31N5O4S/c1-16(2)33-22-6-5-11-25-23(22)28(3)18-9-12-29(13-10-18)24(30)20-15-26-21-8-7-17(14-19(20)21)27-34(4,31)32/h5-8,11,14-16,18,26-27H,9-10,12-13H2,1-4H3. The maximum absolute atomic E-state index is 13.3. The van der Waals surface area contributed by atoms with Gasteiger partial charge in [0.15, 0.2) is 11.6 Å². The van der Waals surface area contributed by atoms with Crippen molar-refractivity contribution >= 4 is 38.3 Å². The molecule has 3 aromatic rings. The van der Waals surface area contributed by atoms with Crippen LogP contribution in [0.1, 0.15) is 37.0 Å². The van der Waals surface area contributed by atoms with E-state index >= 15 is 0 Å². The van der Waals surface area contributed by atoms with E-state index in [1.54, 1.807) is 30.6 Å². The van der Waals surface area contributed by atoms with Crippen LogP contribution in [-0.2, 0) is 10.0 Å². The van der Waals surface area contributed by atoms with E-state index in [0.29, 0.717) is 29.7 Å². The molecule has 0 unspecified atom stereocenters. The lowest BCUT2D eigenvalue weighted by Crippen LogP contribution is -2.46. The van der Waals surface area contributed by atoms with Crippen molar-refractivity contribution in [3.63, 3.8) is 0 Å². The van der Waals surface area contributed by atoms with Gasteiger partial charge < -0.3 is 19.5 Å². The van der Waals surface area contributed by atoms with E-state index < -0.39 is 10.0 Å². The number of likely N-dealkylation sites (tertiary alicyclic amines) is 1. The fraction of sp³-hybridized carbons (Fsp3) is 0.417. The van der Waals surface area contributed by atoms with Crippen LogP contribution in [0.15, 0.2) is 42.7 Å². The van der Waals surface area contributed by atoms with E-state index in [-0.39, 0.29) is 18.1 Å². The summed E-state index contributed by atoms with van der Waals surface area (Å²) in [6, 6.07) is 9.17. The average Bonchev–Trinajstić information content (AvgIpc) is 3.20. The van der Waals surface area contributed by atoms with E-state index in [1.165, 1.54) is 0 Å². The Kier molecular flexibility index (Phi) is 6.70. The van der Waals surface area contributed by atoms with Gasteiger partial charge in [0.05, 0.1) is 17.9 Å². The molecule has 10 heteroatoms. The number of hydrogen-bond acceptors (Lipinski definition) is 6. The molecule has 1 aliphatic rings. The van der Waals surface area contributed by atoms with Crippen LogP contribution in [0.4, 0.5) is 11.5 Å². The second-order valence-corrected chi connectivity index (χ2v) is 10.7. The number of H-pyrrole nitrogens is 1. The van der Waals surface area contributed by atoms with Gasteiger partial charge in [0.1, 0.15) is 0 Å². The van der Waals surface area contributed by atoms with Gasteiger partial charge in [-0.2, -0.15) is 0 Å². The number of amides is 1. The number of piperidine rings is 1. The minimum atomic E-state index is -3.40. The van der Waals surface area contributed by atoms with E-state index in [4.69, 9.17) is 4.74 Å². The molecule has 4 rings (SSSR count). The van der Waals surface area contributed by atoms with Crippen LogP contribution in [0.3, 0.4) is 0 Å². The minimum Gasteiger partial charge on any atom is -0.487 e. The Morgan fingerprint density at radius 2 is 2.00 bits per heavy atom. The van der Waals surface area contributed by atoms with Gasteiger partial charge in [-0.3, -0.25) is 9.52 Å². The first-order chi connectivity index (χ1) is 16.1. The second kappa shape index (κ2) is 9.54. The van der Waals surface area contributed by atoms with Gasteiger partial charge in [-0.15, -0.1) is 0 Å². The Morgan fingerprint density at radius 3 is 2.68 bits per heavy atom. The van der Waals surface area contributed by atoms with E-state index in [9.17, 15) is 13.2 Å². The van der Waals surface area contributed by atoms with E-state index in [1.807, 2.05) is 37.9 Å². The quantitative estimate of drug-likeness (QED) is 0.531. The third-order valence-corrected chi connectivity index (χ3v) is 6.57. The van der Waals surface area contributed by atoms with Gasteiger partial charge in [-0.1, -0.05) is 0 Å². The lowest BCUT2D eigenvalue weighted by atomic mass is 10.0. The summed E-state index contributed by atoms with van der Waals surface area (Å²) in [6.45, 7) is 5.22. The van der Waals surface area contributed by atoms with Crippen LogP contribution < -0.4 is 14.4 Å². The number of aromatic amines is 1. The molecular weight excluding hydrogens is 454 g/mol. The summed E-state index contributed by atoms with van der Waals surface area (Å²) in [6.07, 6.45) is 6.23. The Morgan fingerprint density at radius 1 is 1.26 bits per heavy atom. The predicted octanol–water partition coefficient (Wildman–Crippen LogP) is 3.46.